The lowest BCUT2D eigenvalue weighted by molar-refractivity contribution is -0.425. The fourth-order valence-electron chi connectivity index (χ4n) is 10.3. The molecule has 0 aromatic heterocycles. The van der Waals surface area contributed by atoms with E-state index in [1.54, 1.807) is 7.11 Å². The molecule has 36 heavy (non-hydrogen) atoms. The van der Waals surface area contributed by atoms with Crippen molar-refractivity contribution >= 4 is 5.78 Å². The van der Waals surface area contributed by atoms with Gasteiger partial charge in [0.1, 0.15) is 11.4 Å². The first kappa shape index (κ1) is 23.4. The Morgan fingerprint density at radius 2 is 1.94 bits per heavy atom. The summed E-state index contributed by atoms with van der Waals surface area (Å²) in [6, 6.07) is 6.52. The van der Waals surface area contributed by atoms with E-state index in [-0.39, 0.29) is 28.1 Å². The number of carbonyl (C=O) groups is 1. The Morgan fingerprint density at radius 3 is 2.72 bits per heavy atom. The molecule has 1 N–H and O–H groups in total. The largest absolute Gasteiger partial charge is 0.497 e. The highest BCUT2D eigenvalue weighted by atomic mass is 17.2. The fourth-order valence-corrected chi connectivity index (χ4v) is 10.3. The minimum Gasteiger partial charge on any atom is -0.497 e. The summed E-state index contributed by atoms with van der Waals surface area (Å²) in [6.45, 7) is 7.28. The summed E-state index contributed by atoms with van der Waals surface area (Å²) in [5.74, 6) is 2.49. The van der Waals surface area contributed by atoms with Crippen molar-refractivity contribution in [2.45, 2.75) is 89.3 Å². The molecular weight excluding hydrogens is 452 g/mol. The molecule has 3 saturated carbocycles. The number of hydrogen-bond acceptors (Lipinski definition) is 5. The van der Waals surface area contributed by atoms with E-state index in [1.807, 2.05) is 6.08 Å². The van der Waals surface area contributed by atoms with Crippen LogP contribution in [0.25, 0.3) is 0 Å². The Labute approximate surface area is 214 Å². The highest BCUT2D eigenvalue weighted by Gasteiger charge is 2.71. The number of rotatable bonds is 1. The van der Waals surface area contributed by atoms with Crippen molar-refractivity contribution in [2.75, 3.05) is 13.7 Å². The van der Waals surface area contributed by atoms with Gasteiger partial charge in [-0.25, -0.2) is 9.78 Å². The first-order valence-corrected chi connectivity index (χ1v) is 14.0. The van der Waals surface area contributed by atoms with Gasteiger partial charge in [-0.3, -0.25) is 4.79 Å². The van der Waals surface area contributed by atoms with Crippen LogP contribution in [-0.2, 0) is 21.0 Å². The Balaban J connectivity index is 1.37. The van der Waals surface area contributed by atoms with E-state index in [0.717, 1.165) is 50.7 Å². The molecule has 194 valence electrons. The first-order chi connectivity index (χ1) is 17.0. The summed E-state index contributed by atoms with van der Waals surface area (Å²) in [7, 11) is 1.72. The van der Waals surface area contributed by atoms with Gasteiger partial charge in [-0.15, -0.1) is 0 Å². The predicted molar refractivity (Wildman–Crippen MR) is 135 cm³/mol. The number of benzene rings is 1. The van der Waals surface area contributed by atoms with Crippen LogP contribution in [0.2, 0.25) is 0 Å². The van der Waals surface area contributed by atoms with Gasteiger partial charge in [0.05, 0.1) is 19.3 Å². The van der Waals surface area contributed by atoms with Crippen molar-refractivity contribution in [3.8, 4) is 5.75 Å². The SMILES string of the molecule is COc1ccc2c(c1)C[C@]13CCC4(CC(C)(C)COO4)C[C@]1(O)CC[C@@H]1[C@@H]3[C@@H]2C[C@]2(C)C(=O)C=C[C@H]12. The molecule has 7 rings (SSSR count). The first-order valence-electron chi connectivity index (χ1n) is 14.0. The van der Waals surface area contributed by atoms with Crippen LogP contribution in [-0.4, -0.2) is 35.8 Å². The fraction of sp³-hybridized carbons (Fsp3) is 0.710. The van der Waals surface area contributed by atoms with Gasteiger partial charge in [0.15, 0.2) is 5.78 Å². The molecule has 5 nitrogen and oxygen atoms in total. The summed E-state index contributed by atoms with van der Waals surface area (Å²) in [5.41, 5.74) is 0.903. The van der Waals surface area contributed by atoms with Crippen LogP contribution in [0.4, 0.5) is 0 Å². The molecule has 8 atom stereocenters. The zero-order valence-electron chi connectivity index (χ0n) is 22.1. The average molecular weight is 493 g/mol. The Kier molecular flexibility index (Phi) is 4.71. The minimum atomic E-state index is -0.817. The van der Waals surface area contributed by atoms with E-state index < -0.39 is 11.2 Å². The van der Waals surface area contributed by atoms with Gasteiger partial charge in [-0.05, 0) is 103 Å². The summed E-state index contributed by atoms with van der Waals surface area (Å²) < 4.78 is 5.64. The van der Waals surface area contributed by atoms with Crippen molar-refractivity contribution in [1.82, 2.24) is 0 Å². The molecule has 0 bridgehead atoms. The number of hydrogen-bond donors (Lipinski definition) is 1. The maximum atomic E-state index is 13.2. The van der Waals surface area contributed by atoms with Crippen LogP contribution in [0.5, 0.6) is 5.75 Å². The number of aliphatic hydroxyl groups is 1. The van der Waals surface area contributed by atoms with Gasteiger partial charge in [0.2, 0.25) is 0 Å². The minimum absolute atomic E-state index is 0.0348. The zero-order valence-corrected chi connectivity index (χ0v) is 22.1. The third kappa shape index (κ3) is 2.91. The van der Waals surface area contributed by atoms with Gasteiger partial charge in [-0.2, -0.15) is 0 Å². The van der Waals surface area contributed by atoms with E-state index in [1.165, 1.54) is 11.1 Å². The number of fused-ring (bicyclic) bond motifs is 4. The Bertz CT molecular complexity index is 1160. The molecule has 0 amide bonds. The summed E-state index contributed by atoms with van der Waals surface area (Å²) in [5, 5.41) is 12.8. The second kappa shape index (κ2) is 7.24. The van der Waals surface area contributed by atoms with E-state index >= 15 is 0 Å². The lowest BCUT2D eigenvalue weighted by atomic mass is 9.36. The number of allylic oxidation sites excluding steroid dienone is 2. The second-order valence-corrected chi connectivity index (χ2v) is 14.2. The molecule has 1 saturated heterocycles. The van der Waals surface area contributed by atoms with E-state index in [0.29, 0.717) is 30.6 Å². The molecule has 1 aromatic rings. The molecule has 5 heteroatoms. The molecule has 1 unspecified atom stereocenters. The maximum Gasteiger partial charge on any atom is 0.161 e. The normalized spacial score (nSPS) is 48.1. The average Bonchev–Trinajstić information content (AvgIpc) is 3.12. The number of ketones is 1. The smallest absolute Gasteiger partial charge is 0.161 e. The lowest BCUT2D eigenvalue weighted by Crippen LogP contribution is -2.70. The lowest BCUT2D eigenvalue weighted by Gasteiger charge is -2.70. The maximum absolute atomic E-state index is 13.2. The third-order valence-corrected chi connectivity index (χ3v) is 11.6. The summed E-state index contributed by atoms with van der Waals surface area (Å²) in [4.78, 5) is 25.0. The molecule has 1 aliphatic heterocycles. The van der Waals surface area contributed by atoms with Crippen LogP contribution in [0.15, 0.2) is 30.4 Å². The zero-order chi connectivity index (χ0) is 25.1. The monoisotopic (exact) mass is 492 g/mol. The number of carbonyl (C=O) groups excluding carboxylic acids is 1. The Hall–Kier alpha value is -1.69. The summed E-state index contributed by atoms with van der Waals surface area (Å²) in [6.07, 6.45) is 10.9. The molecule has 2 spiro atoms. The van der Waals surface area contributed by atoms with Crippen LogP contribution < -0.4 is 4.74 Å². The van der Waals surface area contributed by atoms with Crippen molar-refractivity contribution < 1.29 is 24.4 Å². The van der Waals surface area contributed by atoms with Gasteiger partial charge in [0.25, 0.3) is 0 Å². The highest BCUT2D eigenvalue weighted by Crippen LogP contribution is 2.73. The molecule has 1 heterocycles. The quantitative estimate of drug-likeness (QED) is 0.521. The van der Waals surface area contributed by atoms with Crippen LogP contribution >= 0.6 is 0 Å². The Morgan fingerprint density at radius 1 is 1.11 bits per heavy atom. The molecule has 1 aromatic carbocycles. The molecule has 6 aliphatic rings. The van der Waals surface area contributed by atoms with Crippen molar-refractivity contribution in [3.63, 3.8) is 0 Å². The van der Waals surface area contributed by atoms with Gasteiger partial charge in [-0.1, -0.05) is 32.9 Å². The van der Waals surface area contributed by atoms with Crippen LogP contribution in [0.3, 0.4) is 0 Å². The van der Waals surface area contributed by atoms with Crippen molar-refractivity contribution in [1.29, 1.82) is 0 Å². The standard InChI is InChI=1S/C31H40O5/c1-27(2)16-29(36-35-18-27)11-12-30-14-19-13-20(34-4)5-6-21(19)23-15-28(3)24(7-8-25(28)32)22(26(23)30)9-10-31(30,33)17-29/h5-8,13,22-24,26,33H,9-12,14-18H2,1-4H3/t22-,23+,24+,26+,28-,29?,30-,31+/m0/s1. The van der Waals surface area contributed by atoms with Crippen molar-refractivity contribution in [2.24, 2.45) is 34.0 Å². The molecular formula is C31H40O5. The number of methoxy groups -OCH3 is 1. The second-order valence-electron chi connectivity index (χ2n) is 14.2. The summed E-state index contributed by atoms with van der Waals surface area (Å²) >= 11 is 0. The van der Waals surface area contributed by atoms with Crippen LogP contribution in [0, 0.1) is 34.0 Å². The van der Waals surface area contributed by atoms with Crippen molar-refractivity contribution in [3.05, 3.63) is 41.5 Å². The molecule has 0 radical (unpaired) electrons. The molecule has 5 aliphatic carbocycles. The van der Waals surface area contributed by atoms with Gasteiger partial charge in [0, 0.05) is 17.3 Å². The van der Waals surface area contributed by atoms with Gasteiger partial charge < -0.3 is 9.84 Å². The topological polar surface area (TPSA) is 65.0 Å². The van der Waals surface area contributed by atoms with Crippen LogP contribution in [0.1, 0.15) is 82.8 Å². The highest BCUT2D eigenvalue weighted by molar-refractivity contribution is 5.97. The third-order valence-electron chi connectivity index (χ3n) is 11.6. The van der Waals surface area contributed by atoms with E-state index in [4.69, 9.17) is 14.5 Å². The predicted octanol–water partition coefficient (Wildman–Crippen LogP) is 5.54. The van der Waals surface area contributed by atoms with E-state index in [9.17, 15) is 9.90 Å². The van der Waals surface area contributed by atoms with Gasteiger partial charge >= 0.3 is 0 Å². The molecule has 4 fully saturated rings. The number of ether oxygens (including phenoxy) is 1. The van der Waals surface area contributed by atoms with E-state index in [2.05, 4.69) is 45.0 Å².